The van der Waals surface area contributed by atoms with Crippen LogP contribution in [0.2, 0.25) is 0 Å². The molecule has 0 atom stereocenters. The van der Waals surface area contributed by atoms with Crippen LogP contribution in [-0.2, 0) is 25.5 Å². The minimum absolute atomic E-state index is 0.250. The summed E-state index contributed by atoms with van der Waals surface area (Å²) in [6.07, 6.45) is 4.74. The van der Waals surface area contributed by atoms with E-state index in [1.54, 1.807) is 0 Å². The van der Waals surface area contributed by atoms with Crippen molar-refractivity contribution >= 4 is 62.4 Å². The van der Waals surface area contributed by atoms with Gasteiger partial charge in [-0.1, -0.05) is 25.3 Å². The Morgan fingerprint density at radius 3 is 1.91 bits per heavy atom. The van der Waals surface area contributed by atoms with E-state index in [0.29, 0.717) is 12.8 Å². The smallest absolute Gasteiger partial charge is 0.302 e. The number of hydrogen-bond acceptors (Lipinski definition) is 6. The first kappa shape index (κ1) is 30.5. The van der Waals surface area contributed by atoms with Gasteiger partial charge in [-0.3, -0.25) is 9.59 Å². The first-order chi connectivity index (χ1) is 21.0. The topological polar surface area (TPSA) is 110 Å². The van der Waals surface area contributed by atoms with Crippen LogP contribution >= 0.6 is 0 Å². The van der Waals surface area contributed by atoms with E-state index in [2.05, 4.69) is 56.0 Å². The zero-order valence-electron chi connectivity index (χ0n) is 26.2. The highest BCUT2D eigenvalue weighted by Crippen LogP contribution is 2.36. The molecule has 5 rings (SSSR count). The van der Waals surface area contributed by atoms with E-state index >= 15 is 0 Å². The molecule has 0 saturated heterocycles. The Morgan fingerprint density at radius 2 is 1.25 bits per heavy atom. The molecule has 0 aliphatic carbocycles. The average Bonchev–Trinajstić information content (AvgIpc) is 3.62. The highest BCUT2D eigenvalue weighted by molar-refractivity contribution is 5.98. The number of H-pyrrole nitrogens is 2. The van der Waals surface area contributed by atoms with Crippen LogP contribution in [0.15, 0.2) is 43.5 Å². The van der Waals surface area contributed by atoms with Gasteiger partial charge < -0.3 is 19.4 Å². The Morgan fingerprint density at radius 1 is 0.705 bits per heavy atom. The molecule has 44 heavy (non-hydrogen) atoms. The van der Waals surface area contributed by atoms with E-state index in [0.717, 1.165) is 89.4 Å². The number of esters is 2. The van der Waals surface area contributed by atoms with Gasteiger partial charge >= 0.3 is 11.9 Å². The number of ether oxygens (including phenoxy) is 2. The molecular weight excluding hydrogens is 552 g/mol. The molecule has 8 heteroatoms. The number of allylic oxidation sites excluding steroid dienone is 4. The third-order valence-electron chi connectivity index (χ3n) is 8.36. The summed E-state index contributed by atoms with van der Waals surface area (Å²) in [7, 11) is 0. The number of rotatable bonds is 8. The number of hydrogen-bond donors (Lipinski definition) is 2. The minimum Gasteiger partial charge on any atom is -0.466 e. The Kier molecular flexibility index (Phi) is 8.54. The molecule has 0 aromatic carbocycles. The van der Waals surface area contributed by atoms with Crippen molar-refractivity contribution < 1.29 is 19.1 Å². The number of nitrogens with zero attached hydrogens (tertiary/aromatic N) is 2. The molecule has 0 amide bonds. The molecule has 2 aliphatic rings. The lowest BCUT2D eigenvalue weighted by Crippen LogP contribution is -2.03. The van der Waals surface area contributed by atoms with Gasteiger partial charge in [0.05, 0.1) is 36.0 Å². The highest BCUT2D eigenvalue weighted by Gasteiger charge is 2.20. The van der Waals surface area contributed by atoms with E-state index in [1.165, 1.54) is 13.8 Å². The van der Waals surface area contributed by atoms with Crippen LogP contribution in [0.25, 0.3) is 50.4 Å². The summed E-state index contributed by atoms with van der Waals surface area (Å²) in [5, 5.41) is 0. The van der Waals surface area contributed by atoms with Crippen molar-refractivity contribution in [3.8, 4) is 0 Å². The fraction of sp³-hybridized carbons (Fsp3) is 0.278. The number of carbonyl (C=O) groups is 2. The molecule has 0 unspecified atom stereocenters. The standard InChI is InChI=1S/C36H38N4O4/c1-9-25-19(3)29-15-30-21(5)27(11-13-43-23(7)41)35(39-30)18-36-28(12-14-44-24(8)42)22(6)32(40-36)17-34-26(10-2)20(4)31(38-34)16-33(25)37-29/h9-10,15-18,37,40H,1-2,11-14H2,3-8H3. The first-order valence-corrected chi connectivity index (χ1v) is 14.7. The SMILES string of the molecule is C=CC1=C(C)c2cc3[nH]c(cc4nc(cc5[nH]c(cc1n2)c(C)c5CCOC(C)=O)C(CCOC(C)=O)=C4C)c(C)c3C=C. The lowest BCUT2D eigenvalue weighted by Gasteiger charge is -2.06. The van der Waals surface area contributed by atoms with Crippen LogP contribution in [0.5, 0.6) is 0 Å². The number of aryl methyl sites for hydroxylation is 2. The molecule has 0 spiro atoms. The second kappa shape index (κ2) is 12.3. The molecule has 5 heterocycles. The number of aromatic amines is 2. The van der Waals surface area contributed by atoms with Crippen LogP contribution < -0.4 is 0 Å². The molecule has 8 nitrogen and oxygen atoms in total. The van der Waals surface area contributed by atoms with E-state index in [4.69, 9.17) is 19.4 Å². The van der Waals surface area contributed by atoms with Crippen molar-refractivity contribution in [2.75, 3.05) is 13.2 Å². The number of carbonyl (C=O) groups excluding carboxylic acids is 2. The van der Waals surface area contributed by atoms with Crippen LogP contribution in [0.3, 0.4) is 0 Å². The third-order valence-corrected chi connectivity index (χ3v) is 8.36. The fourth-order valence-corrected chi connectivity index (χ4v) is 5.90. The fourth-order valence-electron chi connectivity index (χ4n) is 5.90. The normalized spacial score (nSPS) is 12.9. The van der Waals surface area contributed by atoms with E-state index in [1.807, 2.05) is 31.2 Å². The number of fused-ring (bicyclic) bond motifs is 8. The molecule has 3 aromatic heterocycles. The Balaban J connectivity index is 1.88. The van der Waals surface area contributed by atoms with E-state index in [-0.39, 0.29) is 25.2 Å². The van der Waals surface area contributed by atoms with Crippen molar-refractivity contribution in [3.63, 3.8) is 0 Å². The summed E-state index contributed by atoms with van der Waals surface area (Å²) >= 11 is 0. The summed E-state index contributed by atoms with van der Waals surface area (Å²) in [6.45, 7) is 19.7. The lowest BCUT2D eigenvalue weighted by molar-refractivity contribution is -0.141. The molecule has 8 bridgehead atoms. The molecule has 0 fully saturated rings. The van der Waals surface area contributed by atoms with Gasteiger partial charge in [0.1, 0.15) is 0 Å². The zero-order valence-corrected chi connectivity index (χ0v) is 26.2. The van der Waals surface area contributed by atoms with Crippen LogP contribution in [0, 0.1) is 13.8 Å². The maximum atomic E-state index is 11.6. The quantitative estimate of drug-likeness (QED) is 0.260. The van der Waals surface area contributed by atoms with E-state index < -0.39 is 0 Å². The van der Waals surface area contributed by atoms with Gasteiger partial charge in [0.2, 0.25) is 0 Å². The maximum Gasteiger partial charge on any atom is 0.302 e. The predicted molar refractivity (Wildman–Crippen MR) is 177 cm³/mol. The summed E-state index contributed by atoms with van der Waals surface area (Å²) in [5.41, 5.74) is 15.0. The minimum atomic E-state index is -0.320. The number of aromatic nitrogens is 4. The summed E-state index contributed by atoms with van der Waals surface area (Å²) in [5.74, 6) is -0.640. The number of nitrogens with one attached hydrogen (secondary N) is 2. The second-order valence-electron chi connectivity index (χ2n) is 11.1. The first-order valence-electron chi connectivity index (χ1n) is 14.7. The molecule has 2 N–H and O–H groups in total. The second-order valence-corrected chi connectivity index (χ2v) is 11.1. The van der Waals surface area contributed by atoms with Crippen molar-refractivity contribution in [3.05, 3.63) is 88.5 Å². The van der Waals surface area contributed by atoms with Gasteiger partial charge in [-0.15, -0.1) is 0 Å². The Bertz CT molecular complexity index is 1950. The van der Waals surface area contributed by atoms with E-state index in [9.17, 15) is 9.59 Å². The maximum absolute atomic E-state index is 11.6. The van der Waals surface area contributed by atoms with Gasteiger partial charge in [0.25, 0.3) is 0 Å². The molecule has 2 aliphatic heterocycles. The van der Waals surface area contributed by atoms with Crippen molar-refractivity contribution in [2.45, 2.75) is 54.4 Å². The summed E-state index contributed by atoms with van der Waals surface area (Å²) < 4.78 is 10.6. The van der Waals surface area contributed by atoms with Gasteiger partial charge in [-0.25, -0.2) is 9.97 Å². The van der Waals surface area contributed by atoms with Gasteiger partial charge in [-0.2, -0.15) is 0 Å². The van der Waals surface area contributed by atoms with Gasteiger partial charge in [0.15, 0.2) is 0 Å². The molecule has 0 saturated carbocycles. The lowest BCUT2D eigenvalue weighted by atomic mass is 10.0. The van der Waals surface area contributed by atoms with Crippen molar-refractivity contribution in [2.24, 2.45) is 0 Å². The summed E-state index contributed by atoms with van der Waals surface area (Å²) in [6, 6.07) is 8.19. The third kappa shape index (κ3) is 5.80. The monoisotopic (exact) mass is 590 g/mol. The Hall–Kier alpha value is -4.98. The molecular formula is C36H38N4O4. The predicted octanol–water partition coefficient (Wildman–Crippen LogP) is 7.68. The molecule has 0 radical (unpaired) electrons. The van der Waals surface area contributed by atoms with Gasteiger partial charge in [0, 0.05) is 59.9 Å². The van der Waals surface area contributed by atoms with Crippen molar-refractivity contribution in [1.82, 2.24) is 19.9 Å². The van der Waals surface area contributed by atoms with Crippen LogP contribution in [-0.4, -0.2) is 45.1 Å². The highest BCUT2D eigenvalue weighted by atomic mass is 16.5. The van der Waals surface area contributed by atoms with Gasteiger partial charge in [-0.05, 0) is 85.4 Å². The Labute approximate surface area is 257 Å². The molecule has 226 valence electrons. The van der Waals surface area contributed by atoms with Crippen molar-refractivity contribution in [1.29, 1.82) is 0 Å². The summed E-state index contributed by atoms with van der Waals surface area (Å²) in [4.78, 5) is 40.4. The van der Waals surface area contributed by atoms with Crippen LogP contribution in [0.1, 0.15) is 79.1 Å². The molecule has 3 aromatic rings. The average molecular weight is 591 g/mol. The zero-order chi connectivity index (χ0) is 31.7. The largest absolute Gasteiger partial charge is 0.466 e. The van der Waals surface area contributed by atoms with Crippen LogP contribution in [0.4, 0.5) is 0 Å².